The minimum Gasteiger partial charge on any atom is -0.497 e. The Hall–Kier alpha value is -2.48. The smallest absolute Gasteiger partial charge is 0.260 e. The summed E-state index contributed by atoms with van der Waals surface area (Å²) in [4.78, 5) is 21.5. The molecule has 1 fully saturated rings. The van der Waals surface area contributed by atoms with E-state index >= 15 is 0 Å². The van der Waals surface area contributed by atoms with Crippen LogP contribution in [0.2, 0.25) is 0 Å². The van der Waals surface area contributed by atoms with Gasteiger partial charge in [0.25, 0.3) is 5.91 Å². The highest BCUT2D eigenvalue weighted by Crippen LogP contribution is 2.30. The molecule has 2 heterocycles. The molecule has 2 aromatic carbocycles. The molecular formula is C22H26N3O3S+. The Morgan fingerprint density at radius 2 is 2.07 bits per heavy atom. The number of hydrogen-bond acceptors (Lipinski definition) is 5. The Bertz CT molecular complexity index is 998. The molecule has 4 rings (SSSR count). The predicted octanol–water partition coefficient (Wildman–Crippen LogP) is 2.18. The monoisotopic (exact) mass is 412 g/mol. The van der Waals surface area contributed by atoms with Crippen LogP contribution in [0, 0.1) is 6.92 Å². The molecule has 0 spiro atoms. The second kappa shape index (κ2) is 8.90. The summed E-state index contributed by atoms with van der Waals surface area (Å²) >= 11 is 1.57. The van der Waals surface area contributed by atoms with Gasteiger partial charge in [-0.2, -0.15) is 0 Å². The summed E-state index contributed by atoms with van der Waals surface area (Å²) < 4.78 is 11.9. The molecule has 3 aromatic rings. The summed E-state index contributed by atoms with van der Waals surface area (Å²) in [6.07, 6.45) is 0. The van der Waals surface area contributed by atoms with Gasteiger partial charge in [0.2, 0.25) is 0 Å². The number of quaternary nitrogens is 1. The number of aromatic nitrogens is 1. The van der Waals surface area contributed by atoms with Crippen molar-refractivity contribution in [1.82, 2.24) is 4.98 Å². The van der Waals surface area contributed by atoms with Crippen LogP contribution in [0.4, 0.5) is 5.13 Å². The van der Waals surface area contributed by atoms with Crippen LogP contribution in [0.5, 0.6) is 5.75 Å². The number of hydrogen-bond donors (Lipinski definition) is 1. The fourth-order valence-corrected chi connectivity index (χ4v) is 4.60. The van der Waals surface area contributed by atoms with Gasteiger partial charge in [0.05, 0.1) is 43.6 Å². The molecule has 1 aromatic heterocycles. The number of ether oxygens (including phenoxy) is 2. The molecule has 0 unspecified atom stereocenters. The Labute approximate surface area is 174 Å². The third-order valence-electron chi connectivity index (χ3n) is 5.21. The van der Waals surface area contributed by atoms with Crippen LogP contribution in [-0.4, -0.2) is 57.4 Å². The van der Waals surface area contributed by atoms with Gasteiger partial charge < -0.3 is 14.4 Å². The highest BCUT2D eigenvalue weighted by atomic mass is 32.1. The maximum atomic E-state index is 13.4. The van der Waals surface area contributed by atoms with Crippen molar-refractivity contribution in [3.63, 3.8) is 0 Å². The zero-order valence-corrected chi connectivity index (χ0v) is 17.6. The molecule has 7 heteroatoms. The Morgan fingerprint density at radius 1 is 1.24 bits per heavy atom. The van der Waals surface area contributed by atoms with Crippen LogP contribution in [0.1, 0.15) is 15.9 Å². The second-order valence-electron chi connectivity index (χ2n) is 7.27. The third-order valence-corrected chi connectivity index (χ3v) is 6.26. The number of anilines is 1. The summed E-state index contributed by atoms with van der Waals surface area (Å²) in [5, 5.41) is 0.742. The lowest BCUT2D eigenvalue weighted by molar-refractivity contribution is -0.906. The number of amides is 1. The van der Waals surface area contributed by atoms with Gasteiger partial charge in [-0.1, -0.05) is 23.5 Å². The second-order valence-corrected chi connectivity index (χ2v) is 8.28. The number of nitrogens with one attached hydrogen (secondary N) is 1. The Morgan fingerprint density at radius 3 is 2.86 bits per heavy atom. The number of carbonyl (C=O) groups excluding carboxylic acids is 1. The minimum absolute atomic E-state index is 0.0488. The molecule has 0 bridgehead atoms. The molecular weight excluding hydrogens is 386 g/mol. The fraction of sp³-hybridized carbons (Fsp3) is 0.364. The lowest BCUT2D eigenvalue weighted by Gasteiger charge is -2.27. The lowest BCUT2D eigenvalue weighted by atomic mass is 10.2. The standard InChI is InChI=1S/C22H25N3O3S/c1-16-6-7-19-20(14-16)29-22(23-19)25(9-8-24-10-12-28-13-11-24)21(26)17-4-3-5-18(15-17)27-2/h3-7,14-15H,8-13H2,1-2H3/p+1. The maximum Gasteiger partial charge on any atom is 0.260 e. The molecule has 0 aliphatic carbocycles. The first kappa shape index (κ1) is 19.8. The van der Waals surface area contributed by atoms with Crippen LogP contribution in [0.3, 0.4) is 0 Å². The zero-order valence-electron chi connectivity index (χ0n) is 16.8. The van der Waals surface area contributed by atoms with Crippen LogP contribution < -0.4 is 14.5 Å². The van der Waals surface area contributed by atoms with Gasteiger partial charge in [0.1, 0.15) is 18.8 Å². The maximum absolute atomic E-state index is 13.4. The summed E-state index contributed by atoms with van der Waals surface area (Å²) in [5.74, 6) is 0.627. The number of methoxy groups -OCH3 is 1. The Kier molecular flexibility index (Phi) is 6.08. The molecule has 29 heavy (non-hydrogen) atoms. The van der Waals surface area contributed by atoms with Crippen molar-refractivity contribution in [3.8, 4) is 5.75 Å². The van der Waals surface area contributed by atoms with Gasteiger partial charge in [0, 0.05) is 5.56 Å². The van der Waals surface area contributed by atoms with Crippen molar-refractivity contribution in [1.29, 1.82) is 0 Å². The number of carbonyl (C=O) groups is 1. The predicted molar refractivity (Wildman–Crippen MR) is 115 cm³/mol. The van der Waals surface area contributed by atoms with Crippen molar-refractivity contribution >= 4 is 32.6 Å². The molecule has 1 aliphatic heterocycles. The first-order valence-corrected chi connectivity index (χ1v) is 10.7. The average molecular weight is 413 g/mol. The lowest BCUT2D eigenvalue weighted by Crippen LogP contribution is -3.14. The third kappa shape index (κ3) is 4.58. The van der Waals surface area contributed by atoms with Crippen molar-refractivity contribution in [2.24, 2.45) is 0 Å². The van der Waals surface area contributed by atoms with E-state index in [0.29, 0.717) is 17.9 Å². The number of nitrogens with zero attached hydrogens (tertiary/aromatic N) is 2. The molecule has 0 saturated carbocycles. The largest absolute Gasteiger partial charge is 0.497 e. The van der Waals surface area contributed by atoms with E-state index in [2.05, 4.69) is 19.1 Å². The fourth-order valence-electron chi connectivity index (χ4n) is 3.51. The molecule has 1 N–H and O–H groups in total. The number of aryl methyl sites for hydroxylation is 1. The molecule has 1 amide bonds. The number of thiazole rings is 1. The van der Waals surface area contributed by atoms with Gasteiger partial charge in [-0.05, 0) is 42.8 Å². The van der Waals surface area contributed by atoms with E-state index in [4.69, 9.17) is 14.5 Å². The topological polar surface area (TPSA) is 56.1 Å². The van der Waals surface area contributed by atoms with E-state index < -0.39 is 0 Å². The van der Waals surface area contributed by atoms with Crippen LogP contribution >= 0.6 is 11.3 Å². The first-order valence-electron chi connectivity index (χ1n) is 9.88. The number of rotatable bonds is 6. The van der Waals surface area contributed by atoms with Crippen molar-refractivity contribution in [2.45, 2.75) is 6.92 Å². The quantitative estimate of drug-likeness (QED) is 0.674. The van der Waals surface area contributed by atoms with Gasteiger partial charge >= 0.3 is 0 Å². The molecule has 1 saturated heterocycles. The van der Waals surface area contributed by atoms with Crippen molar-refractivity contribution < 1.29 is 19.2 Å². The van der Waals surface area contributed by atoms with E-state index in [1.54, 1.807) is 24.5 Å². The van der Waals surface area contributed by atoms with Crippen molar-refractivity contribution in [2.75, 3.05) is 51.4 Å². The van der Waals surface area contributed by atoms with Crippen LogP contribution in [0.25, 0.3) is 10.2 Å². The molecule has 1 aliphatic rings. The van der Waals surface area contributed by atoms with Crippen LogP contribution in [-0.2, 0) is 4.74 Å². The number of morpholine rings is 1. The molecule has 0 atom stereocenters. The van der Waals surface area contributed by atoms with E-state index in [1.165, 1.54) is 10.5 Å². The summed E-state index contributed by atoms with van der Waals surface area (Å²) in [6, 6.07) is 13.5. The first-order chi connectivity index (χ1) is 14.1. The number of benzene rings is 2. The SMILES string of the molecule is COc1cccc(C(=O)N(CC[NH+]2CCOCC2)c2nc3ccc(C)cc3s2)c1. The van der Waals surface area contributed by atoms with E-state index in [-0.39, 0.29) is 5.91 Å². The number of fused-ring (bicyclic) bond motifs is 1. The van der Waals surface area contributed by atoms with Gasteiger partial charge in [-0.25, -0.2) is 4.98 Å². The Balaban J connectivity index is 1.64. The van der Waals surface area contributed by atoms with Gasteiger partial charge in [-0.3, -0.25) is 9.69 Å². The summed E-state index contributed by atoms with van der Waals surface area (Å²) in [5.41, 5.74) is 2.73. The highest BCUT2D eigenvalue weighted by molar-refractivity contribution is 7.22. The zero-order chi connectivity index (χ0) is 20.2. The summed E-state index contributed by atoms with van der Waals surface area (Å²) in [7, 11) is 1.61. The normalized spacial score (nSPS) is 14.8. The molecule has 152 valence electrons. The van der Waals surface area contributed by atoms with E-state index in [1.807, 2.05) is 29.2 Å². The minimum atomic E-state index is -0.0488. The van der Waals surface area contributed by atoms with E-state index in [0.717, 1.165) is 48.2 Å². The highest BCUT2D eigenvalue weighted by Gasteiger charge is 2.24. The van der Waals surface area contributed by atoms with Crippen LogP contribution in [0.15, 0.2) is 42.5 Å². The molecule has 0 radical (unpaired) electrons. The van der Waals surface area contributed by atoms with Gasteiger partial charge in [0.15, 0.2) is 5.13 Å². The summed E-state index contributed by atoms with van der Waals surface area (Å²) in [6.45, 7) is 7.05. The van der Waals surface area contributed by atoms with Crippen molar-refractivity contribution in [3.05, 3.63) is 53.6 Å². The molecule has 6 nitrogen and oxygen atoms in total. The average Bonchev–Trinajstić information content (AvgIpc) is 3.17. The van der Waals surface area contributed by atoms with E-state index in [9.17, 15) is 4.79 Å². The van der Waals surface area contributed by atoms with Gasteiger partial charge in [-0.15, -0.1) is 0 Å².